The van der Waals surface area contributed by atoms with Gasteiger partial charge in [0.15, 0.2) is 12.6 Å². The predicted octanol–water partition coefficient (Wildman–Crippen LogP) is 8.86. The van der Waals surface area contributed by atoms with Crippen LogP contribution in [-0.2, 0) is 29.8 Å². The summed E-state index contributed by atoms with van der Waals surface area (Å²) in [7, 11) is 0. The van der Waals surface area contributed by atoms with Crippen molar-refractivity contribution in [3.8, 4) is 23.0 Å². The molecule has 0 radical (unpaired) electrons. The van der Waals surface area contributed by atoms with Crippen LogP contribution >= 0.6 is 0 Å². The first-order chi connectivity index (χ1) is 25.1. The molecule has 4 aromatic carbocycles. The molecule has 0 saturated carbocycles. The second kappa shape index (κ2) is 17.2. The smallest absolute Gasteiger partial charge is 0.196 e. The Balaban J connectivity index is 0.851. The standard InChI is InChI=1S/C44H54O8/c1-31(51-39-21-13-35(14-22-39)43(3,4)33-9-17-37(18-10-33)47-27-41-29-49-41)45-25-7-8-26-46-32(2)52-40-23-15-36(16-24-40)44(5,6)34-11-19-38(20-12-34)48-28-42-30-50-42/h9-24,31-32,41-42H,7-8,25-30H2,1-6H3. The lowest BCUT2D eigenvalue weighted by Crippen LogP contribution is -2.20. The maximum absolute atomic E-state index is 6.03. The first kappa shape index (κ1) is 37.7. The molecule has 0 N–H and O–H groups in total. The Bertz CT molecular complexity index is 1530. The van der Waals surface area contributed by atoms with Crippen molar-refractivity contribution in [3.63, 3.8) is 0 Å². The van der Waals surface area contributed by atoms with Crippen LogP contribution in [0.2, 0.25) is 0 Å². The minimum absolute atomic E-state index is 0.166. The molecule has 0 aromatic heterocycles. The summed E-state index contributed by atoms with van der Waals surface area (Å²) in [6.07, 6.45) is 1.50. The van der Waals surface area contributed by atoms with Crippen LogP contribution in [0.15, 0.2) is 97.1 Å². The van der Waals surface area contributed by atoms with Gasteiger partial charge in [-0.05, 0) is 97.5 Å². The van der Waals surface area contributed by atoms with Gasteiger partial charge >= 0.3 is 0 Å². The van der Waals surface area contributed by atoms with E-state index in [2.05, 4.69) is 76.2 Å². The highest BCUT2D eigenvalue weighted by Crippen LogP contribution is 2.35. The summed E-state index contributed by atoms with van der Waals surface area (Å²) in [5.74, 6) is 3.30. The normalized spacial score (nSPS) is 18.0. The Hall–Kier alpha value is -4.08. The summed E-state index contributed by atoms with van der Waals surface area (Å²) in [5.41, 5.74) is 4.52. The van der Waals surface area contributed by atoms with E-state index in [1.807, 2.05) is 62.4 Å². The maximum atomic E-state index is 6.03. The van der Waals surface area contributed by atoms with Gasteiger partial charge in [0.25, 0.3) is 0 Å². The molecule has 0 amide bonds. The minimum atomic E-state index is -0.357. The lowest BCUT2D eigenvalue weighted by atomic mass is 9.78. The molecule has 6 rings (SSSR count). The zero-order chi connectivity index (χ0) is 36.6. The molecule has 0 bridgehead atoms. The SMILES string of the molecule is CC(OCCCCOC(C)Oc1ccc(C(C)(C)c2ccc(OCC3CO3)cc2)cc1)Oc1ccc(C(C)(C)c2ccc(OCC3CO3)cc2)cc1. The topological polar surface area (TPSA) is 80.4 Å². The van der Waals surface area contributed by atoms with Gasteiger partial charge in [-0.25, -0.2) is 0 Å². The Morgan fingerprint density at radius 1 is 0.500 bits per heavy atom. The van der Waals surface area contributed by atoms with Crippen LogP contribution in [-0.4, -0.2) is 64.4 Å². The van der Waals surface area contributed by atoms with Crippen LogP contribution in [0.1, 0.15) is 76.6 Å². The molecule has 8 nitrogen and oxygen atoms in total. The highest BCUT2D eigenvalue weighted by atomic mass is 16.7. The second-order valence-corrected chi connectivity index (χ2v) is 14.7. The Kier molecular flexibility index (Phi) is 12.4. The van der Waals surface area contributed by atoms with Crippen molar-refractivity contribution in [2.24, 2.45) is 0 Å². The van der Waals surface area contributed by atoms with Crippen molar-refractivity contribution in [1.82, 2.24) is 0 Å². The Labute approximate surface area is 309 Å². The minimum Gasteiger partial charge on any atom is -0.491 e. The van der Waals surface area contributed by atoms with E-state index < -0.39 is 0 Å². The van der Waals surface area contributed by atoms with Gasteiger partial charge in [0.1, 0.15) is 48.4 Å². The van der Waals surface area contributed by atoms with E-state index in [1.54, 1.807) is 0 Å². The molecular formula is C44H54O8. The van der Waals surface area contributed by atoms with Crippen molar-refractivity contribution in [2.45, 2.75) is 90.0 Å². The first-order valence-electron chi connectivity index (χ1n) is 18.5. The molecule has 4 atom stereocenters. The molecule has 0 aliphatic carbocycles. The third-order valence-corrected chi connectivity index (χ3v) is 9.83. The van der Waals surface area contributed by atoms with E-state index in [9.17, 15) is 0 Å². The van der Waals surface area contributed by atoms with Crippen LogP contribution in [0.25, 0.3) is 0 Å². The van der Waals surface area contributed by atoms with Crippen LogP contribution < -0.4 is 18.9 Å². The van der Waals surface area contributed by atoms with E-state index in [0.29, 0.717) is 26.4 Å². The van der Waals surface area contributed by atoms with Crippen LogP contribution in [0, 0.1) is 0 Å². The lowest BCUT2D eigenvalue weighted by Gasteiger charge is -2.27. The van der Waals surface area contributed by atoms with Gasteiger partial charge in [-0.3, -0.25) is 0 Å². The molecule has 2 aliphatic heterocycles. The molecule has 52 heavy (non-hydrogen) atoms. The van der Waals surface area contributed by atoms with Crippen molar-refractivity contribution < 1.29 is 37.9 Å². The summed E-state index contributed by atoms with van der Waals surface area (Å²) in [4.78, 5) is 0. The highest BCUT2D eigenvalue weighted by molar-refractivity contribution is 5.43. The number of ether oxygens (including phenoxy) is 8. The summed E-state index contributed by atoms with van der Waals surface area (Å²) in [5, 5.41) is 0. The highest BCUT2D eigenvalue weighted by Gasteiger charge is 2.26. The largest absolute Gasteiger partial charge is 0.491 e. The number of rotatable bonds is 21. The number of epoxide rings is 2. The maximum Gasteiger partial charge on any atom is 0.196 e. The molecular weight excluding hydrogens is 656 g/mol. The summed E-state index contributed by atoms with van der Waals surface area (Å²) in [6, 6.07) is 33.2. The van der Waals surface area contributed by atoms with Crippen molar-refractivity contribution in [1.29, 1.82) is 0 Å². The average Bonchev–Trinajstić information content (AvgIpc) is 4.09. The van der Waals surface area contributed by atoms with Gasteiger partial charge in [-0.2, -0.15) is 0 Å². The third-order valence-electron chi connectivity index (χ3n) is 9.83. The van der Waals surface area contributed by atoms with E-state index in [1.165, 1.54) is 22.3 Å². The van der Waals surface area contributed by atoms with Gasteiger partial charge in [0.2, 0.25) is 0 Å². The predicted molar refractivity (Wildman–Crippen MR) is 202 cm³/mol. The molecule has 2 heterocycles. The van der Waals surface area contributed by atoms with Gasteiger partial charge in [0.05, 0.1) is 26.4 Å². The van der Waals surface area contributed by atoms with Gasteiger partial charge < -0.3 is 37.9 Å². The number of unbranched alkanes of at least 4 members (excludes halogenated alkanes) is 1. The number of hydrogen-bond donors (Lipinski definition) is 0. The summed E-state index contributed by atoms with van der Waals surface area (Å²) >= 11 is 0. The monoisotopic (exact) mass is 710 g/mol. The third kappa shape index (κ3) is 10.7. The summed E-state index contributed by atoms with van der Waals surface area (Å²) in [6.45, 7) is 16.7. The summed E-state index contributed by atoms with van der Waals surface area (Å²) < 4.78 is 46.0. The fraction of sp³-hybridized carbons (Fsp3) is 0.455. The zero-order valence-electron chi connectivity index (χ0n) is 31.5. The fourth-order valence-corrected chi connectivity index (χ4v) is 6.03. The van der Waals surface area contributed by atoms with Crippen LogP contribution in [0.4, 0.5) is 0 Å². The van der Waals surface area contributed by atoms with Crippen LogP contribution in [0.5, 0.6) is 23.0 Å². The van der Waals surface area contributed by atoms with Crippen molar-refractivity contribution in [2.75, 3.05) is 39.6 Å². The fourth-order valence-electron chi connectivity index (χ4n) is 6.03. The molecule has 2 fully saturated rings. The van der Waals surface area contributed by atoms with Crippen molar-refractivity contribution >= 4 is 0 Å². The lowest BCUT2D eigenvalue weighted by molar-refractivity contribution is -0.0804. The van der Waals surface area contributed by atoms with Gasteiger partial charge in [-0.15, -0.1) is 0 Å². The zero-order valence-corrected chi connectivity index (χ0v) is 31.5. The van der Waals surface area contributed by atoms with Crippen LogP contribution in [0.3, 0.4) is 0 Å². The molecule has 8 heteroatoms. The average molecular weight is 711 g/mol. The number of hydrogen-bond acceptors (Lipinski definition) is 8. The van der Waals surface area contributed by atoms with E-state index in [0.717, 1.165) is 49.1 Å². The van der Waals surface area contributed by atoms with E-state index in [-0.39, 0.29) is 35.6 Å². The molecule has 0 spiro atoms. The van der Waals surface area contributed by atoms with Gasteiger partial charge in [0, 0.05) is 10.8 Å². The Morgan fingerprint density at radius 3 is 1.08 bits per heavy atom. The molecule has 2 aliphatic rings. The molecule has 2 saturated heterocycles. The Morgan fingerprint density at radius 2 is 0.788 bits per heavy atom. The number of benzene rings is 4. The molecule has 4 aromatic rings. The quantitative estimate of drug-likeness (QED) is 0.0482. The molecule has 278 valence electrons. The van der Waals surface area contributed by atoms with Crippen molar-refractivity contribution in [3.05, 3.63) is 119 Å². The molecule has 4 unspecified atom stereocenters. The van der Waals surface area contributed by atoms with E-state index >= 15 is 0 Å². The first-order valence-corrected chi connectivity index (χ1v) is 18.5. The van der Waals surface area contributed by atoms with Gasteiger partial charge in [-0.1, -0.05) is 76.2 Å². The second-order valence-electron chi connectivity index (χ2n) is 14.7. The van der Waals surface area contributed by atoms with E-state index in [4.69, 9.17) is 37.9 Å².